The van der Waals surface area contributed by atoms with Crippen LogP contribution in [0.1, 0.15) is 82.6 Å². The number of benzene rings is 2. The predicted octanol–water partition coefficient (Wildman–Crippen LogP) is 8.38. The lowest BCUT2D eigenvalue weighted by Crippen LogP contribution is -2.34. The number of hydrogen-bond acceptors (Lipinski definition) is 0. The molecule has 2 aromatic rings. The quantitative estimate of drug-likeness (QED) is 0.433. The highest BCUT2D eigenvalue weighted by molar-refractivity contribution is 5.84. The Kier molecular flexibility index (Phi) is 5.58. The van der Waals surface area contributed by atoms with Crippen LogP contribution in [0, 0.1) is 47.0 Å². The van der Waals surface area contributed by atoms with Gasteiger partial charge in [-0.05, 0) is 104 Å². The third-order valence-electron chi connectivity index (χ3n) is 8.85. The molecule has 5 rings (SSSR count). The van der Waals surface area contributed by atoms with Gasteiger partial charge in [-0.3, -0.25) is 0 Å². The van der Waals surface area contributed by atoms with E-state index >= 15 is 0 Å². The van der Waals surface area contributed by atoms with Crippen LogP contribution in [0.15, 0.2) is 24.3 Å². The molecule has 0 aromatic heterocycles. The topological polar surface area (TPSA) is 0 Å². The minimum atomic E-state index is -1.38. The maximum absolute atomic E-state index is 14.1. The summed E-state index contributed by atoms with van der Waals surface area (Å²) in [5.74, 6) is 1.39. The average molecular weight is 415 g/mol. The molecule has 0 aliphatic heterocycles. The number of halogens is 3. The van der Waals surface area contributed by atoms with Crippen LogP contribution in [0.2, 0.25) is 0 Å². The first-order valence-corrected chi connectivity index (χ1v) is 12.1. The van der Waals surface area contributed by atoms with Crippen LogP contribution in [0.25, 0.3) is 10.8 Å². The zero-order valence-corrected chi connectivity index (χ0v) is 18.0. The second kappa shape index (κ2) is 8.20. The lowest BCUT2D eigenvalue weighted by atomic mass is 9.60. The second-order valence-corrected chi connectivity index (χ2v) is 10.6. The van der Waals surface area contributed by atoms with Crippen molar-refractivity contribution in [3.05, 3.63) is 47.3 Å². The van der Waals surface area contributed by atoms with Crippen molar-refractivity contribution in [2.24, 2.45) is 29.6 Å². The van der Waals surface area contributed by atoms with Crippen molar-refractivity contribution in [3.63, 3.8) is 0 Å². The van der Waals surface area contributed by atoms with E-state index in [1.54, 1.807) is 6.07 Å². The van der Waals surface area contributed by atoms with Crippen LogP contribution in [0.5, 0.6) is 0 Å². The largest absolute Gasteiger partial charge is 0.204 e. The highest BCUT2D eigenvalue weighted by Gasteiger charge is 2.38. The van der Waals surface area contributed by atoms with Crippen molar-refractivity contribution in [2.75, 3.05) is 0 Å². The summed E-state index contributed by atoms with van der Waals surface area (Å²) in [6, 6.07) is 6.60. The molecule has 3 heteroatoms. The van der Waals surface area contributed by atoms with E-state index in [2.05, 4.69) is 6.92 Å². The van der Waals surface area contributed by atoms with Gasteiger partial charge in [0.15, 0.2) is 17.5 Å². The van der Waals surface area contributed by atoms with E-state index in [0.717, 1.165) is 47.6 Å². The zero-order valence-electron chi connectivity index (χ0n) is 18.0. The molecule has 3 saturated carbocycles. The molecule has 30 heavy (non-hydrogen) atoms. The van der Waals surface area contributed by atoms with E-state index in [4.69, 9.17) is 0 Å². The van der Waals surface area contributed by atoms with Gasteiger partial charge in [0, 0.05) is 5.39 Å². The van der Waals surface area contributed by atoms with E-state index in [9.17, 15) is 13.2 Å². The third kappa shape index (κ3) is 3.78. The SMILES string of the molecule is CC1CCC(C2CCC3CC(c4ccc5c(F)c(F)c(F)cc5c4)CCC3C2)CC1. The van der Waals surface area contributed by atoms with E-state index in [1.165, 1.54) is 57.8 Å². The third-order valence-corrected chi connectivity index (χ3v) is 8.85. The Morgan fingerprint density at radius 2 is 1.30 bits per heavy atom. The van der Waals surface area contributed by atoms with Gasteiger partial charge in [0.25, 0.3) is 0 Å². The highest BCUT2D eigenvalue weighted by atomic mass is 19.2. The van der Waals surface area contributed by atoms with Crippen LogP contribution in [0.4, 0.5) is 13.2 Å². The van der Waals surface area contributed by atoms with Crippen LogP contribution < -0.4 is 0 Å². The lowest BCUT2D eigenvalue weighted by molar-refractivity contribution is 0.0732. The summed E-state index contributed by atoms with van der Waals surface area (Å²) in [4.78, 5) is 0. The first-order chi connectivity index (χ1) is 14.5. The summed E-state index contributed by atoms with van der Waals surface area (Å²) in [7, 11) is 0. The minimum absolute atomic E-state index is 0.175. The van der Waals surface area contributed by atoms with Gasteiger partial charge in [-0.25, -0.2) is 13.2 Å². The monoisotopic (exact) mass is 414 g/mol. The molecule has 0 amide bonds. The Morgan fingerprint density at radius 3 is 2.07 bits per heavy atom. The Labute approximate surface area is 178 Å². The molecule has 162 valence electrons. The maximum atomic E-state index is 14.1. The van der Waals surface area contributed by atoms with Crippen molar-refractivity contribution in [3.8, 4) is 0 Å². The zero-order chi connectivity index (χ0) is 20.8. The molecule has 0 bridgehead atoms. The van der Waals surface area contributed by atoms with Crippen molar-refractivity contribution in [1.82, 2.24) is 0 Å². The fraction of sp³-hybridized carbons (Fsp3) is 0.630. The average Bonchev–Trinajstić information content (AvgIpc) is 2.77. The van der Waals surface area contributed by atoms with E-state index in [-0.39, 0.29) is 5.39 Å². The van der Waals surface area contributed by atoms with Gasteiger partial charge in [-0.1, -0.05) is 38.0 Å². The fourth-order valence-electron chi connectivity index (χ4n) is 6.99. The molecule has 0 saturated heterocycles. The molecular formula is C27H33F3. The van der Waals surface area contributed by atoms with Gasteiger partial charge in [0.2, 0.25) is 0 Å². The first-order valence-electron chi connectivity index (χ1n) is 12.1. The molecule has 2 aromatic carbocycles. The number of fused-ring (bicyclic) bond motifs is 2. The molecule has 0 N–H and O–H groups in total. The molecular weight excluding hydrogens is 381 g/mol. The number of hydrogen-bond donors (Lipinski definition) is 0. The summed E-state index contributed by atoms with van der Waals surface area (Å²) in [5.41, 5.74) is 1.16. The Morgan fingerprint density at radius 1 is 0.667 bits per heavy atom. The van der Waals surface area contributed by atoms with Gasteiger partial charge in [0.1, 0.15) is 0 Å². The summed E-state index contributed by atoms with van der Waals surface area (Å²) in [6.45, 7) is 2.40. The van der Waals surface area contributed by atoms with Gasteiger partial charge in [-0.2, -0.15) is 0 Å². The first kappa shape index (κ1) is 20.4. The van der Waals surface area contributed by atoms with Crippen molar-refractivity contribution < 1.29 is 13.2 Å². The van der Waals surface area contributed by atoms with Crippen molar-refractivity contribution >= 4 is 10.8 Å². The molecule has 0 nitrogen and oxygen atoms in total. The van der Waals surface area contributed by atoms with Crippen molar-refractivity contribution in [1.29, 1.82) is 0 Å². The van der Waals surface area contributed by atoms with Gasteiger partial charge >= 0.3 is 0 Å². The van der Waals surface area contributed by atoms with E-state index < -0.39 is 17.5 Å². The molecule has 0 spiro atoms. The van der Waals surface area contributed by atoms with E-state index in [0.29, 0.717) is 11.3 Å². The van der Waals surface area contributed by atoms with Crippen molar-refractivity contribution in [2.45, 2.75) is 77.0 Å². The van der Waals surface area contributed by atoms with Gasteiger partial charge < -0.3 is 0 Å². The molecule has 4 unspecified atom stereocenters. The van der Waals surface area contributed by atoms with Crippen LogP contribution in [-0.2, 0) is 0 Å². The summed E-state index contributed by atoms with van der Waals surface area (Å²) < 4.78 is 41.3. The highest BCUT2D eigenvalue weighted by Crippen LogP contribution is 2.51. The maximum Gasteiger partial charge on any atom is 0.195 e. The normalized spacial score (nSPS) is 34.7. The van der Waals surface area contributed by atoms with Gasteiger partial charge in [0.05, 0.1) is 0 Å². The molecule has 0 heterocycles. The summed E-state index contributed by atoms with van der Waals surface area (Å²) >= 11 is 0. The van der Waals surface area contributed by atoms with Gasteiger partial charge in [-0.15, -0.1) is 0 Å². The fourth-order valence-corrected chi connectivity index (χ4v) is 6.99. The molecule has 3 fully saturated rings. The smallest absolute Gasteiger partial charge is 0.195 e. The van der Waals surface area contributed by atoms with E-state index in [1.807, 2.05) is 12.1 Å². The second-order valence-electron chi connectivity index (χ2n) is 10.6. The molecule has 3 aliphatic rings. The molecule has 0 radical (unpaired) electrons. The Balaban J connectivity index is 1.27. The molecule has 4 atom stereocenters. The number of rotatable bonds is 2. The predicted molar refractivity (Wildman–Crippen MR) is 116 cm³/mol. The Bertz CT molecular complexity index is 912. The molecule has 3 aliphatic carbocycles. The van der Waals surface area contributed by atoms with Crippen LogP contribution in [0.3, 0.4) is 0 Å². The van der Waals surface area contributed by atoms with Crippen LogP contribution in [-0.4, -0.2) is 0 Å². The summed E-state index contributed by atoms with van der Waals surface area (Å²) in [6.07, 6.45) is 13.5. The lowest BCUT2D eigenvalue weighted by Gasteiger charge is -2.45. The minimum Gasteiger partial charge on any atom is -0.204 e. The standard InChI is InChI=1S/C27H33F3/c1-16-2-4-17(5-3-16)18-6-7-20-13-21(9-8-19(20)12-18)22-10-11-24-23(14-22)15-25(28)27(30)26(24)29/h10-11,14-21H,2-9,12-13H2,1H3. The summed E-state index contributed by atoms with van der Waals surface area (Å²) in [5, 5.41) is 0.648. The van der Waals surface area contributed by atoms with Crippen LogP contribution >= 0.6 is 0 Å². The Hall–Kier alpha value is -1.51.